The minimum Gasteiger partial charge on any atom is -0.489 e. The lowest BCUT2D eigenvalue weighted by atomic mass is 9.83. The molecule has 0 aliphatic carbocycles. The van der Waals surface area contributed by atoms with E-state index < -0.39 is 11.7 Å². The summed E-state index contributed by atoms with van der Waals surface area (Å²) in [6, 6.07) is 49.6. The van der Waals surface area contributed by atoms with Gasteiger partial charge in [0, 0.05) is 24.1 Å². The van der Waals surface area contributed by atoms with Crippen molar-refractivity contribution in [1.29, 1.82) is 0 Å². The molecule has 50 heavy (non-hydrogen) atoms. The van der Waals surface area contributed by atoms with Crippen LogP contribution in [-0.4, -0.2) is 10.7 Å². The van der Waals surface area contributed by atoms with Crippen LogP contribution in [0.1, 0.15) is 46.4 Å². The molecule has 0 saturated heterocycles. The van der Waals surface area contributed by atoms with Crippen molar-refractivity contribution in [2.24, 2.45) is 0 Å². The Balaban J connectivity index is 1.19. The van der Waals surface area contributed by atoms with Crippen molar-refractivity contribution in [3.05, 3.63) is 185 Å². The fraction of sp³-hybridized carbons (Fsp3) is 0.182. The van der Waals surface area contributed by atoms with Crippen LogP contribution < -0.4 is 23.7 Å². The molecule has 1 heterocycles. The molecule has 2 unspecified atom stereocenters. The van der Waals surface area contributed by atoms with Crippen molar-refractivity contribution in [3.8, 4) is 28.7 Å². The zero-order chi connectivity index (χ0) is 34.2. The molecule has 0 aromatic heterocycles. The average molecular weight is 665 g/mol. The predicted molar refractivity (Wildman–Crippen MR) is 194 cm³/mol. The van der Waals surface area contributed by atoms with Crippen LogP contribution in [0.2, 0.25) is 0 Å². The van der Waals surface area contributed by atoms with Gasteiger partial charge in [-0.1, -0.05) is 127 Å². The van der Waals surface area contributed by atoms with Crippen LogP contribution in [0, 0.1) is 0 Å². The summed E-state index contributed by atoms with van der Waals surface area (Å²) in [5.41, 5.74) is 4.46. The molecule has 6 nitrogen and oxygen atoms in total. The highest BCUT2D eigenvalue weighted by Gasteiger charge is 2.42. The van der Waals surface area contributed by atoms with Crippen molar-refractivity contribution in [3.63, 3.8) is 0 Å². The van der Waals surface area contributed by atoms with Gasteiger partial charge < -0.3 is 28.8 Å². The van der Waals surface area contributed by atoms with Crippen LogP contribution in [0.5, 0.6) is 28.7 Å². The number of fused-ring (bicyclic) bond motifs is 1. The van der Waals surface area contributed by atoms with E-state index in [-0.39, 0.29) is 0 Å². The second-order valence-corrected chi connectivity index (χ2v) is 12.7. The van der Waals surface area contributed by atoms with E-state index in [1.165, 1.54) is 0 Å². The first-order valence-corrected chi connectivity index (χ1v) is 16.9. The molecule has 6 aromatic rings. The van der Waals surface area contributed by atoms with Gasteiger partial charge in [0.05, 0.1) is 0 Å². The van der Waals surface area contributed by atoms with Crippen molar-refractivity contribution in [1.82, 2.24) is 0 Å². The largest absolute Gasteiger partial charge is 0.489 e. The van der Waals surface area contributed by atoms with E-state index in [1.807, 2.05) is 152 Å². The van der Waals surface area contributed by atoms with Gasteiger partial charge in [0.25, 0.3) is 0 Å². The maximum atomic E-state index is 12.0. The predicted octanol–water partition coefficient (Wildman–Crippen LogP) is 9.43. The second kappa shape index (κ2) is 15.2. The Morgan fingerprint density at radius 3 is 1.52 bits per heavy atom. The first-order valence-electron chi connectivity index (χ1n) is 16.9. The average Bonchev–Trinajstić information content (AvgIpc) is 3.16. The number of hydrogen-bond acceptors (Lipinski definition) is 6. The van der Waals surface area contributed by atoms with Gasteiger partial charge in [-0.3, -0.25) is 0 Å². The monoisotopic (exact) mass is 664 g/mol. The normalized spacial score (nSPS) is 16.5. The molecule has 0 spiro atoms. The first-order chi connectivity index (χ1) is 24.5. The van der Waals surface area contributed by atoms with E-state index in [1.54, 1.807) is 6.92 Å². The summed E-state index contributed by atoms with van der Waals surface area (Å²) in [5.74, 6) is 3.01. The zero-order valence-corrected chi connectivity index (χ0v) is 28.0. The minimum absolute atomic E-state index is 0.308. The summed E-state index contributed by atoms with van der Waals surface area (Å²) in [6.07, 6.45) is -0.397. The Morgan fingerprint density at radius 1 is 0.540 bits per heavy atom. The molecule has 252 valence electrons. The molecule has 1 aliphatic rings. The van der Waals surface area contributed by atoms with Crippen LogP contribution in [0.3, 0.4) is 0 Å². The zero-order valence-electron chi connectivity index (χ0n) is 28.0. The molecule has 0 bridgehead atoms. The van der Waals surface area contributed by atoms with Gasteiger partial charge in [0.2, 0.25) is 0 Å². The molecule has 6 heteroatoms. The maximum absolute atomic E-state index is 12.0. The summed E-state index contributed by atoms with van der Waals surface area (Å²) in [6.45, 7) is 3.32. The number of hydrogen-bond donors (Lipinski definition) is 1. The molecule has 0 radical (unpaired) electrons. The molecule has 6 aromatic carbocycles. The van der Waals surface area contributed by atoms with Crippen LogP contribution in [0.25, 0.3) is 0 Å². The quantitative estimate of drug-likeness (QED) is 0.133. The van der Waals surface area contributed by atoms with E-state index in [2.05, 4.69) is 0 Å². The highest BCUT2D eigenvalue weighted by Crippen LogP contribution is 2.48. The summed E-state index contributed by atoms with van der Waals surface area (Å²) in [7, 11) is 0. The van der Waals surface area contributed by atoms with E-state index in [0.717, 1.165) is 33.4 Å². The molecule has 7 rings (SSSR count). The number of benzene rings is 6. The van der Waals surface area contributed by atoms with Crippen molar-refractivity contribution in [2.75, 3.05) is 0 Å². The summed E-state index contributed by atoms with van der Waals surface area (Å²) >= 11 is 0. The molecule has 2 atom stereocenters. The highest BCUT2D eigenvalue weighted by molar-refractivity contribution is 5.54. The summed E-state index contributed by atoms with van der Waals surface area (Å²) in [4.78, 5) is 0. The lowest BCUT2D eigenvalue weighted by molar-refractivity contribution is -0.0632. The van der Waals surface area contributed by atoms with Gasteiger partial charge in [-0.2, -0.15) is 0 Å². The molecular weight excluding hydrogens is 624 g/mol. The summed E-state index contributed by atoms with van der Waals surface area (Å²) in [5, 5.41) is 12.0. The van der Waals surface area contributed by atoms with Gasteiger partial charge in [-0.25, -0.2) is 0 Å². The SMILES string of the molecule is CC1(O)Cc2c(OCc3ccccc3)cc(OCc3ccccc3)cc2OC1c1ccc(OCc2ccccc2)c(OCc2ccccc2)c1. The van der Waals surface area contributed by atoms with E-state index in [4.69, 9.17) is 23.7 Å². The lowest BCUT2D eigenvalue weighted by Gasteiger charge is -2.39. The van der Waals surface area contributed by atoms with Crippen molar-refractivity contribution in [2.45, 2.75) is 51.5 Å². The third kappa shape index (κ3) is 8.11. The third-order valence-electron chi connectivity index (χ3n) is 8.72. The van der Waals surface area contributed by atoms with E-state index in [9.17, 15) is 5.11 Å². The minimum atomic E-state index is -1.27. The Bertz CT molecular complexity index is 1980. The molecule has 0 fully saturated rings. The smallest absolute Gasteiger partial charge is 0.162 e. The molecule has 0 saturated carbocycles. The van der Waals surface area contributed by atoms with E-state index in [0.29, 0.717) is 61.6 Å². The summed E-state index contributed by atoms with van der Waals surface area (Å²) < 4.78 is 32.0. The number of aliphatic hydroxyl groups is 1. The number of rotatable bonds is 13. The van der Waals surface area contributed by atoms with Crippen molar-refractivity contribution < 1.29 is 28.8 Å². The molecule has 1 N–H and O–H groups in total. The molecule has 0 amide bonds. The molecular formula is C44H40O6. The Hall–Kier alpha value is -5.72. The van der Waals surface area contributed by atoms with Crippen LogP contribution in [-0.2, 0) is 32.8 Å². The van der Waals surface area contributed by atoms with Gasteiger partial charge >= 0.3 is 0 Å². The standard InChI is InChI=1S/C44H40O6/c1-44(45)27-38-40(48-30-34-18-10-4-11-19-34)25-37(46-28-32-14-6-2-7-15-32)26-41(38)50-43(44)36-22-23-39(47-29-33-16-8-3-9-17-33)42(24-36)49-31-35-20-12-5-13-21-35/h2-26,43,45H,27-31H2,1H3. The van der Waals surface area contributed by atoms with Gasteiger partial charge in [0.1, 0.15) is 49.3 Å². The molecule has 1 aliphatic heterocycles. The van der Waals surface area contributed by atoms with E-state index >= 15 is 0 Å². The van der Waals surface area contributed by atoms with Crippen LogP contribution >= 0.6 is 0 Å². The lowest BCUT2D eigenvalue weighted by Crippen LogP contribution is -2.42. The van der Waals surface area contributed by atoms with Gasteiger partial charge in [-0.15, -0.1) is 0 Å². The van der Waals surface area contributed by atoms with Crippen molar-refractivity contribution >= 4 is 0 Å². The Kier molecular flexibility index (Phi) is 9.99. The second-order valence-electron chi connectivity index (χ2n) is 12.7. The maximum Gasteiger partial charge on any atom is 0.162 e. The first kappa shape index (κ1) is 32.8. The number of ether oxygens (including phenoxy) is 5. The topological polar surface area (TPSA) is 66.4 Å². The van der Waals surface area contributed by atoms with Gasteiger partial charge in [-0.05, 0) is 46.9 Å². The fourth-order valence-corrected chi connectivity index (χ4v) is 6.09. The Labute approximate surface area is 293 Å². The van der Waals surface area contributed by atoms with Crippen LogP contribution in [0.15, 0.2) is 152 Å². The van der Waals surface area contributed by atoms with Crippen LogP contribution in [0.4, 0.5) is 0 Å². The third-order valence-corrected chi connectivity index (χ3v) is 8.72. The Morgan fingerprint density at radius 2 is 1.00 bits per heavy atom. The van der Waals surface area contributed by atoms with Gasteiger partial charge in [0.15, 0.2) is 17.6 Å². The fourth-order valence-electron chi connectivity index (χ4n) is 6.09. The highest BCUT2D eigenvalue weighted by atomic mass is 16.5.